The molecule has 0 amide bonds. The van der Waals surface area contributed by atoms with Crippen molar-refractivity contribution < 1.29 is 17.9 Å². The summed E-state index contributed by atoms with van der Waals surface area (Å²) in [6.45, 7) is 3.25. The Kier molecular flexibility index (Phi) is 7.23. The van der Waals surface area contributed by atoms with Crippen LogP contribution in [-0.2, 0) is 23.9 Å². The molecule has 1 aliphatic heterocycles. The van der Waals surface area contributed by atoms with E-state index in [9.17, 15) is 13.2 Å². The lowest BCUT2D eigenvalue weighted by Gasteiger charge is -2.27. The summed E-state index contributed by atoms with van der Waals surface area (Å²) in [7, 11) is 0. The summed E-state index contributed by atoms with van der Waals surface area (Å²) in [4.78, 5) is 15.4. The topological polar surface area (TPSA) is 75.2 Å². The molecule has 0 atom stereocenters. The zero-order chi connectivity index (χ0) is 23.1. The van der Waals surface area contributed by atoms with Gasteiger partial charge in [-0.2, -0.15) is 28.1 Å². The first-order chi connectivity index (χ1) is 16.0. The molecule has 2 aromatic carbocycles. The minimum Gasteiger partial charge on any atom is -0.378 e. The Bertz CT molecular complexity index is 1040. The lowest BCUT2D eigenvalue weighted by Crippen LogP contribution is -2.37. The molecule has 0 unspecified atom stereocenters. The minimum absolute atomic E-state index is 0.153. The van der Waals surface area contributed by atoms with Gasteiger partial charge < -0.3 is 20.3 Å². The first kappa shape index (κ1) is 22.8. The van der Waals surface area contributed by atoms with Gasteiger partial charge in [0.05, 0.1) is 18.8 Å². The van der Waals surface area contributed by atoms with Gasteiger partial charge in [-0.15, -0.1) is 0 Å². The van der Waals surface area contributed by atoms with Gasteiger partial charge in [-0.3, -0.25) is 0 Å². The monoisotopic (exact) mass is 458 g/mol. The Morgan fingerprint density at radius 3 is 2.27 bits per heavy atom. The average molecular weight is 458 g/mol. The predicted molar refractivity (Wildman–Crippen MR) is 120 cm³/mol. The number of anilines is 3. The maximum atomic E-state index is 13.0. The smallest absolute Gasteiger partial charge is 0.378 e. The van der Waals surface area contributed by atoms with Gasteiger partial charge in [0.15, 0.2) is 0 Å². The maximum Gasteiger partial charge on any atom is 0.416 e. The molecule has 0 aliphatic carbocycles. The fourth-order valence-corrected chi connectivity index (χ4v) is 3.43. The molecule has 0 saturated carbocycles. The van der Waals surface area contributed by atoms with Crippen LogP contribution in [0.5, 0.6) is 0 Å². The average Bonchev–Trinajstić information content (AvgIpc) is 2.84. The van der Waals surface area contributed by atoms with Crippen molar-refractivity contribution in [3.05, 3.63) is 71.3 Å². The third kappa shape index (κ3) is 6.55. The van der Waals surface area contributed by atoms with Gasteiger partial charge >= 0.3 is 6.18 Å². The number of nitrogens with one attached hydrogen (secondary N) is 2. The number of alkyl halides is 3. The molecule has 1 aliphatic rings. The number of aromatic nitrogens is 3. The van der Waals surface area contributed by atoms with Crippen LogP contribution in [-0.4, -0.2) is 47.8 Å². The van der Waals surface area contributed by atoms with Crippen LogP contribution in [0.15, 0.2) is 54.6 Å². The van der Waals surface area contributed by atoms with Crippen LogP contribution < -0.4 is 15.5 Å². The van der Waals surface area contributed by atoms with Gasteiger partial charge in [0.1, 0.15) is 0 Å². The molecule has 1 saturated heterocycles. The van der Waals surface area contributed by atoms with Gasteiger partial charge in [-0.25, -0.2) is 0 Å². The summed E-state index contributed by atoms with van der Waals surface area (Å²) in [6.07, 6.45) is -3.59. The molecular weight excluding hydrogens is 433 g/mol. The molecule has 174 valence electrons. The molecular formula is C23H25F3N6O. The number of nitrogens with zero attached hydrogens (tertiary/aromatic N) is 4. The predicted octanol–water partition coefficient (Wildman–Crippen LogP) is 3.99. The molecule has 0 bridgehead atoms. The van der Waals surface area contributed by atoms with E-state index in [-0.39, 0.29) is 6.54 Å². The highest BCUT2D eigenvalue weighted by Gasteiger charge is 2.30. The van der Waals surface area contributed by atoms with Crippen molar-refractivity contribution in [2.24, 2.45) is 0 Å². The number of benzene rings is 2. The molecule has 33 heavy (non-hydrogen) atoms. The number of rotatable bonds is 8. The van der Waals surface area contributed by atoms with Crippen LogP contribution in [0, 0.1) is 0 Å². The summed E-state index contributed by atoms with van der Waals surface area (Å²) >= 11 is 0. The van der Waals surface area contributed by atoms with Gasteiger partial charge in [0, 0.05) is 26.2 Å². The number of hydrogen-bond acceptors (Lipinski definition) is 7. The van der Waals surface area contributed by atoms with E-state index in [1.165, 1.54) is 11.6 Å². The van der Waals surface area contributed by atoms with E-state index >= 15 is 0 Å². The highest BCUT2D eigenvalue weighted by atomic mass is 19.4. The zero-order valence-corrected chi connectivity index (χ0v) is 18.0. The Morgan fingerprint density at radius 2 is 1.55 bits per heavy atom. The highest BCUT2D eigenvalue weighted by Crippen LogP contribution is 2.29. The molecule has 7 nitrogen and oxygen atoms in total. The molecule has 1 fully saturated rings. The first-order valence-corrected chi connectivity index (χ1v) is 10.7. The maximum absolute atomic E-state index is 13.0. The van der Waals surface area contributed by atoms with Crippen molar-refractivity contribution in [3.63, 3.8) is 0 Å². The fourth-order valence-electron chi connectivity index (χ4n) is 3.43. The van der Waals surface area contributed by atoms with E-state index in [4.69, 9.17) is 4.74 Å². The first-order valence-electron chi connectivity index (χ1n) is 10.7. The van der Waals surface area contributed by atoms with Crippen LogP contribution in [0.1, 0.15) is 16.7 Å². The van der Waals surface area contributed by atoms with Crippen molar-refractivity contribution in [3.8, 4) is 0 Å². The number of ether oxygens (including phenoxy) is 1. The summed E-state index contributed by atoms with van der Waals surface area (Å²) < 4.78 is 44.4. The van der Waals surface area contributed by atoms with Crippen molar-refractivity contribution in [2.45, 2.75) is 19.1 Å². The van der Waals surface area contributed by atoms with Crippen LogP contribution in [0.3, 0.4) is 0 Å². The van der Waals surface area contributed by atoms with Gasteiger partial charge in [-0.05, 0) is 29.7 Å². The summed E-state index contributed by atoms with van der Waals surface area (Å²) in [5.41, 5.74) is 0.988. The van der Waals surface area contributed by atoms with E-state index in [0.29, 0.717) is 56.3 Å². The number of halogens is 3. The van der Waals surface area contributed by atoms with Crippen LogP contribution >= 0.6 is 0 Å². The van der Waals surface area contributed by atoms with Crippen LogP contribution in [0.2, 0.25) is 0 Å². The second-order valence-electron chi connectivity index (χ2n) is 7.60. The second kappa shape index (κ2) is 10.5. The fraction of sp³-hybridized carbons (Fsp3) is 0.348. The largest absolute Gasteiger partial charge is 0.416 e. The van der Waals surface area contributed by atoms with Crippen molar-refractivity contribution in [2.75, 3.05) is 48.4 Å². The van der Waals surface area contributed by atoms with E-state index in [2.05, 4.69) is 37.7 Å². The molecule has 1 aromatic heterocycles. The second-order valence-corrected chi connectivity index (χ2v) is 7.60. The third-order valence-electron chi connectivity index (χ3n) is 5.16. The molecule has 10 heteroatoms. The van der Waals surface area contributed by atoms with Gasteiger partial charge in [0.25, 0.3) is 0 Å². The van der Waals surface area contributed by atoms with Gasteiger partial charge in [-0.1, -0.05) is 42.5 Å². The Labute approximate surface area is 190 Å². The quantitative estimate of drug-likeness (QED) is 0.529. The number of hydrogen-bond donors (Lipinski definition) is 2. The van der Waals surface area contributed by atoms with Crippen molar-refractivity contribution in [1.82, 2.24) is 15.0 Å². The standard InChI is InChI=1S/C23H25F3N6O/c24-23(25,26)19-8-4-7-18(15-19)16-28-21-29-20(27-10-9-17-5-2-1-3-6-17)30-22(31-21)32-11-13-33-14-12-32/h1-8,15H,9-14,16H2,(H2,27,28,29,30,31). The molecule has 4 rings (SSSR count). The van der Waals surface area contributed by atoms with Crippen LogP contribution in [0.4, 0.5) is 31.0 Å². The SMILES string of the molecule is FC(F)(F)c1cccc(CNc2nc(NCCc3ccccc3)nc(N3CCOCC3)n2)c1. The zero-order valence-electron chi connectivity index (χ0n) is 18.0. The van der Waals surface area contributed by atoms with E-state index in [1.54, 1.807) is 6.07 Å². The minimum atomic E-state index is -4.39. The normalized spacial score (nSPS) is 14.2. The molecule has 0 radical (unpaired) electrons. The van der Waals surface area contributed by atoms with E-state index in [0.717, 1.165) is 18.6 Å². The molecule has 2 heterocycles. The molecule has 2 N–H and O–H groups in total. The van der Waals surface area contributed by atoms with Gasteiger partial charge in [0.2, 0.25) is 17.8 Å². The lowest BCUT2D eigenvalue weighted by molar-refractivity contribution is -0.137. The lowest BCUT2D eigenvalue weighted by atomic mass is 10.1. The third-order valence-corrected chi connectivity index (χ3v) is 5.16. The Hall–Kier alpha value is -3.40. The Morgan fingerprint density at radius 1 is 0.848 bits per heavy atom. The number of morpholine rings is 1. The van der Waals surface area contributed by atoms with Crippen molar-refractivity contribution in [1.29, 1.82) is 0 Å². The summed E-state index contributed by atoms with van der Waals surface area (Å²) in [5.74, 6) is 1.21. The Balaban J connectivity index is 1.47. The summed E-state index contributed by atoms with van der Waals surface area (Å²) in [6, 6.07) is 15.3. The highest BCUT2D eigenvalue weighted by molar-refractivity contribution is 5.44. The van der Waals surface area contributed by atoms with E-state index < -0.39 is 11.7 Å². The molecule has 0 spiro atoms. The summed E-state index contributed by atoms with van der Waals surface area (Å²) in [5, 5.41) is 6.27. The van der Waals surface area contributed by atoms with E-state index in [1.807, 2.05) is 23.1 Å². The van der Waals surface area contributed by atoms with Crippen LogP contribution in [0.25, 0.3) is 0 Å². The van der Waals surface area contributed by atoms with Crippen molar-refractivity contribution >= 4 is 17.8 Å². The molecule has 3 aromatic rings.